The highest BCUT2D eigenvalue weighted by molar-refractivity contribution is 9.10. The van der Waals surface area contributed by atoms with Crippen molar-refractivity contribution in [2.45, 2.75) is 33.1 Å². The molecule has 0 saturated heterocycles. The number of nitrogens with zero attached hydrogens (tertiary/aromatic N) is 3. The average molecular weight is 437 g/mol. The van der Waals surface area contributed by atoms with Crippen molar-refractivity contribution in [2.24, 2.45) is 5.10 Å². The van der Waals surface area contributed by atoms with Crippen LogP contribution in [0.3, 0.4) is 0 Å². The third kappa shape index (κ3) is 3.18. The molecule has 5 nitrogen and oxygen atoms in total. The van der Waals surface area contributed by atoms with E-state index >= 15 is 0 Å². The molecule has 2 aromatic carbocycles. The van der Waals surface area contributed by atoms with Gasteiger partial charge in [0.2, 0.25) is 0 Å². The highest BCUT2D eigenvalue weighted by atomic mass is 79.9. The number of nitrogens with one attached hydrogen (secondary N) is 1. The minimum Gasteiger partial charge on any atom is -0.358 e. The molecule has 0 aliphatic rings. The zero-order chi connectivity index (χ0) is 20.1. The first-order valence-corrected chi connectivity index (χ1v) is 9.89. The van der Waals surface area contributed by atoms with Gasteiger partial charge in [-0.15, -0.1) is 0 Å². The van der Waals surface area contributed by atoms with Crippen LogP contribution in [0.15, 0.2) is 56.8 Å². The Labute approximate surface area is 171 Å². The van der Waals surface area contributed by atoms with Gasteiger partial charge >= 0.3 is 0 Å². The van der Waals surface area contributed by atoms with Crippen LogP contribution in [0, 0.1) is 6.92 Å². The van der Waals surface area contributed by atoms with Crippen LogP contribution >= 0.6 is 15.9 Å². The van der Waals surface area contributed by atoms with Crippen molar-refractivity contribution in [1.82, 2.24) is 14.6 Å². The molecular weight excluding hydrogens is 416 g/mol. The molecule has 0 spiro atoms. The normalized spacial score (nSPS) is 12.5. The minimum atomic E-state index is -0.340. The molecule has 4 rings (SSSR count). The summed E-state index contributed by atoms with van der Waals surface area (Å²) in [5.41, 5.74) is 3.18. The Hall–Kier alpha value is -2.73. The van der Waals surface area contributed by atoms with Gasteiger partial charge in [0.15, 0.2) is 0 Å². The predicted molar refractivity (Wildman–Crippen MR) is 118 cm³/mol. The van der Waals surface area contributed by atoms with Gasteiger partial charge in [-0.3, -0.25) is 4.79 Å². The van der Waals surface area contributed by atoms with Crippen LogP contribution in [0.1, 0.15) is 37.9 Å². The van der Waals surface area contributed by atoms with E-state index in [0.717, 1.165) is 26.6 Å². The number of hydrogen-bond donors (Lipinski definition) is 1. The largest absolute Gasteiger partial charge is 0.358 e. The standard InChI is InChI=1S/C22H21BrN4O/c1-13-17(15-7-5-6-8-18(15)25-13)12-24-27-20(28)16-11-14(23)9-10-19(16)26-21(27)22(2,3)4/h5-12,25H,1-4H3. The lowest BCUT2D eigenvalue weighted by Crippen LogP contribution is -2.29. The summed E-state index contributed by atoms with van der Waals surface area (Å²) in [5, 5.41) is 6.20. The molecule has 0 aliphatic heterocycles. The number of aromatic amines is 1. The van der Waals surface area contributed by atoms with E-state index < -0.39 is 0 Å². The maximum atomic E-state index is 13.2. The Bertz CT molecular complexity index is 1290. The van der Waals surface area contributed by atoms with Crippen molar-refractivity contribution in [3.63, 3.8) is 0 Å². The van der Waals surface area contributed by atoms with Gasteiger partial charge < -0.3 is 4.98 Å². The number of benzene rings is 2. The van der Waals surface area contributed by atoms with Crippen molar-refractivity contribution >= 4 is 44.0 Å². The summed E-state index contributed by atoms with van der Waals surface area (Å²) in [4.78, 5) is 21.3. The topological polar surface area (TPSA) is 63.0 Å². The van der Waals surface area contributed by atoms with E-state index in [1.165, 1.54) is 4.68 Å². The molecule has 0 atom stereocenters. The molecular formula is C22H21BrN4O. The summed E-state index contributed by atoms with van der Waals surface area (Å²) in [6.07, 6.45) is 1.75. The Morgan fingerprint density at radius 3 is 2.64 bits per heavy atom. The Kier molecular flexibility index (Phi) is 4.46. The van der Waals surface area contributed by atoms with Crippen LogP contribution < -0.4 is 5.56 Å². The monoisotopic (exact) mass is 436 g/mol. The number of hydrogen-bond acceptors (Lipinski definition) is 3. The Balaban J connectivity index is 1.96. The SMILES string of the molecule is Cc1[nH]c2ccccc2c1C=Nn1c(C(C)(C)C)nc2ccc(Br)cc2c1=O. The van der Waals surface area contributed by atoms with Crippen LogP contribution in [0.4, 0.5) is 0 Å². The molecule has 28 heavy (non-hydrogen) atoms. The van der Waals surface area contributed by atoms with Crippen molar-refractivity contribution in [1.29, 1.82) is 0 Å². The van der Waals surface area contributed by atoms with E-state index in [2.05, 4.69) is 26.0 Å². The average Bonchev–Trinajstić information content (AvgIpc) is 2.95. The van der Waals surface area contributed by atoms with Crippen LogP contribution in [0.2, 0.25) is 0 Å². The van der Waals surface area contributed by atoms with Crippen molar-refractivity contribution in [3.05, 3.63) is 74.4 Å². The number of aryl methyl sites for hydroxylation is 1. The fourth-order valence-electron chi connectivity index (χ4n) is 3.32. The van der Waals surface area contributed by atoms with Crippen LogP contribution in [0.5, 0.6) is 0 Å². The summed E-state index contributed by atoms with van der Waals surface area (Å²) >= 11 is 3.44. The highest BCUT2D eigenvalue weighted by Gasteiger charge is 2.23. The molecule has 0 amide bonds. The van der Waals surface area contributed by atoms with Gasteiger partial charge in [-0.1, -0.05) is 54.9 Å². The molecule has 4 aromatic rings. The van der Waals surface area contributed by atoms with Crippen molar-refractivity contribution < 1.29 is 0 Å². The third-order valence-corrected chi connectivity index (χ3v) is 5.22. The lowest BCUT2D eigenvalue weighted by Gasteiger charge is -2.20. The highest BCUT2D eigenvalue weighted by Crippen LogP contribution is 2.24. The maximum Gasteiger partial charge on any atom is 0.282 e. The molecule has 6 heteroatoms. The molecule has 0 radical (unpaired) electrons. The second kappa shape index (κ2) is 6.71. The Morgan fingerprint density at radius 1 is 1.14 bits per heavy atom. The van der Waals surface area contributed by atoms with Gasteiger partial charge in [-0.2, -0.15) is 9.78 Å². The molecule has 1 N–H and O–H groups in total. The van der Waals surface area contributed by atoms with E-state index in [1.807, 2.05) is 64.1 Å². The number of fused-ring (bicyclic) bond motifs is 2. The second-order valence-corrected chi connectivity index (χ2v) is 8.83. The number of para-hydroxylation sites is 1. The van der Waals surface area contributed by atoms with Crippen molar-refractivity contribution in [3.8, 4) is 0 Å². The lowest BCUT2D eigenvalue weighted by molar-refractivity contribution is 0.506. The molecule has 0 saturated carbocycles. The zero-order valence-electron chi connectivity index (χ0n) is 16.2. The minimum absolute atomic E-state index is 0.176. The summed E-state index contributed by atoms with van der Waals surface area (Å²) in [5.74, 6) is 0.626. The number of H-pyrrole nitrogens is 1. The summed E-state index contributed by atoms with van der Waals surface area (Å²) in [6.45, 7) is 8.10. The first-order chi connectivity index (χ1) is 13.3. The predicted octanol–water partition coefficient (Wildman–Crippen LogP) is 5.13. The maximum absolute atomic E-state index is 13.2. The zero-order valence-corrected chi connectivity index (χ0v) is 17.8. The van der Waals surface area contributed by atoms with E-state index in [9.17, 15) is 4.79 Å². The van der Waals surface area contributed by atoms with Crippen molar-refractivity contribution in [2.75, 3.05) is 0 Å². The van der Waals surface area contributed by atoms with Gasteiger partial charge in [0.25, 0.3) is 5.56 Å². The van der Waals surface area contributed by atoms with Crippen LogP contribution in [-0.2, 0) is 5.41 Å². The summed E-state index contributed by atoms with van der Waals surface area (Å²) in [7, 11) is 0. The van der Waals surface area contributed by atoms with E-state index in [0.29, 0.717) is 16.7 Å². The van der Waals surface area contributed by atoms with E-state index in [1.54, 1.807) is 12.3 Å². The van der Waals surface area contributed by atoms with Crippen LogP contribution in [0.25, 0.3) is 21.8 Å². The number of halogens is 1. The van der Waals surface area contributed by atoms with Gasteiger partial charge in [-0.05, 0) is 31.2 Å². The molecule has 0 aliphatic carbocycles. The van der Waals surface area contributed by atoms with Gasteiger partial charge in [0.1, 0.15) is 5.82 Å². The smallest absolute Gasteiger partial charge is 0.282 e. The fourth-order valence-corrected chi connectivity index (χ4v) is 3.68. The first-order valence-electron chi connectivity index (χ1n) is 9.10. The number of rotatable bonds is 2. The third-order valence-electron chi connectivity index (χ3n) is 4.72. The van der Waals surface area contributed by atoms with Crippen LogP contribution in [-0.4, -0.2) is 20.9 Å². The Morgan fingerprint density at radius 2 is 1.89 bits per heavy atom. The lowest BCUT2D eigenvalue weighted by atomic mass is 9.95. The van der Waals surface area contributed by atoms with Gasteiger partial charge in [-0.25, -0.2) is 4.98 Å². The quantitative estimate of drug-likeness (QED) is 0.442. The molecule has 2 aromatic heterocycles. The molecule has 2 heterocycles. The molecule has 0 fully saturated rings. The molecule has 0 bridgehead atoms. The summed E-state index contributed by atoms with van der Waals surface area (Å²) < 4.78 is 2.26. The van der Waals surface area contributed by atoms with E-state index in [4.69, 9.17) is 4.98 Å². The number of aromatic nitrogens is 3. The first kappa shape index (κ1) is 18.6. The van der Waals surface area contributed by atoms with E-state index in [-0.39, 0.29) is 11.0 Å². The fraction of sp³-hybridized carbons (Fsp3) is 0.227. The molecule has 142 valence electrons. The summed E-state index contributed by atoms with van der Waals surface area (Å²) in [6, 6.07) is 13.6. The van der Waals surface area contributed by atoms with Gasteiger partial charge in [0.05, 0.1) is 17.1 Å². The van der Waals surface area contributed by atoms with Gasteiger partial charge in [0, 0.05) is 32.0 Å². The second-order valence-electron chi connectivity index (χ2n) is 7.92. The molecule has 0 unspecified atom stereocenters.